The van der Waals surface area contributed by atoms with Crippen LogP contribution in [0.3, 0.4) is 0 Å². The molecular formula is C23H29FN4O3. The first kappa shape index (κ1) is 21.3. The van der Waals surface area contributed by atoms with Crippen LogP contribution in [0.15, 0.2) is 35.3 Å². The van der Waals surface area contributed by atoms with Gasteiger partial charge in [-0.3, -0.25) is 19.5 Å². The Kier molecular flexibility index (Phi) is 6.25. The maximum Gasteiger partial charge on any atom is 0.233 e. The zero-order chi connectivity index (χ0) is 22.0. The molecule has 2 aliphatic carbocycles. The van der Waals surface area contributed by atoms with E-state index in [1.807, 2.05) is 6.92 Å². The topological polar surface area (TPSA) is 83.0 Å². The molecule has 3 aliphatic rings. The number of hydrogen-bond acceptors (Lipinski definition) is 4. The van der Waals surface area contributed by atoms with Crippen LogP contribution in [0, 0.1) is 29.5 Å². The Morgan fingerprint density at radius 1 is 1.19 bits per heavy atom. The van der Waals surface area contributed by atoms with Crippen molar-refractivity contribution in [3.8, 4) is 5.75 Å². The average molecular weight is 429 g/mol. The molecule has 1 aliphatic heterocycles. The Labute approximate surface area is 181 Å². The maximum atomic E-state index is 14.0. The zero-order valence-corrected chi connectivity index (χ0v) is 17.9. The lowest BCUT2D eigenvalue weighted by Crippen LogP contribution is -2.39. The van der Waals surface area contributed by atoms with Gasteiger partial charge in [0.2, 0.25) is 11.8 Å². The van der Waals surface area contributed by atoms with E-state index in [1.54, 1.807) is 19.2 Å². The first-order chi connectivity index (χ1) is 15.0. The minimum Gasteiger partial charge on any atom is -0.491 e. The van der Waals surface area contributed by atoms with E-state index in [0.29, 0.717) is 38.6 Å². The number of benzene rings is 1. The summed E-state index contributed by atoms with van der Waals surface area (Å²) in [6.07, 6.45) is 5.79. The summed E-state index contributed by atoms with van der Waals surface area (Å²) in [6.45, 7) is 3.62. The van der Waals surface area contributed by atoms with Gasteiger partial charge in [0, 0.05) is 26.7 Å². The van der Waals surface area contributed by atoms with E-state index in [2.05, 4.69) is 27.8 Å². The number of halogens is 1. The van der Waals surface area contributed by atoms with Crippen molar-refractivity contribution in [2.24, 2.45) is 28.7 Å². The number of nitrogens with one attached hydrogen (secondary N) is 2. The molecule has 7 nitrogen and oxygen atoms in total. The first-order valence-corrected chi connectivity index (χ1v) is 10.9. The summed E-state index contributed by atoms with van der Waals surface area (Å²) in [5, 5.41) is 6.32. The van der Waals surface area contributed by atoms with E-state index in [-0.39, 0.29) is 41.2 Å². The average Bonchev–Trinajstić information content (AvgIpc) is 3.44. The molecule has 1 saturated carbocycles. The van der Waals surface area contributed by atoms with Gasteiger partial charge in [0.15, 0.2) is 17.5 Å². The van der Waals surface area contributed by atoms with Crippen LogP contribution in [0.1, 0.15) is 25.3 Å². The Balaban J connectivity index is 1.21. The van der Waals surface area contributed by atoms with E-state index < -0.39 is 5.82 Å². The van der Waals surface area contributed by atoms with Crippen molar-refractivity contribution in [3.63, 3.8) is 0 Å². The van der Waals surface area contributed by atoms with Crippen LogP contribution in [0.25, 0.3) is 0 Å². The number of carbonyl (C=O) groups excluding carboxylic acids is 2. The second kappa shape index (κ2) is 9.08. The highest BCUT2D eigenvalue weighted by atomic mass is 19.1. The lowest BCUT2D eigenvalue weighted by Gasteiger charge is -2.18. The number of ether oxygens (including phenoxy) is 1. The molecule has 4 rings (SSSR count). The van der Waals surface area contributed by atoms with Crippen molar-refractivity contribution in [2.75, 3.05) is 26.7 Å². The van der Waals surface area contributed by atoms with Gasteiger partial charge in [-0.15, -0.1) is 0 Å². The number of likely N-dealkylation sites (tertiary alicyclic amines) is 1. The number of hydrogen-bond donors (Lipinski definition) is 2. The molecule has 1 saturated heterocycles. The fraction of sp³-hybridized carbons (Fsp3) is 0.522. The molecule has 0 spiro atoms. The minimum atomic E-state index is -0.391. The van der Waals surface area contributed by atoms with E-state index in [4.69, 9.17) is 4.74 Å². The third-order valence-corrected chi connectivity index (χ3v) is 6.39. The number of aliphatic imine (C=N–C) groups is 1. The highest BCUT2D eigenvalue weighted by Gasteiger charge is 2.58. The summed E-state index contributed by atoms with van der Waals surface area (Å²) in [5.41, 5.74) is 0.770. The molecule has 0 aromatic heterocycles. The zero-order valence-electron chi connectivity index (χ0n) is 17.9. The molecule has 4 unspecified atom stereocenters. The molecule has 4 atom stereocenters. The number of allylic oxidation sites excluding steroid dienone is 2. The summed E-state index contributed by atoms with van der Waals surface area (Å²) in [4.78, 5) is 31.0. The van der Waals surface area contributed by atoms with E-state index in [0.717, 1.165) is 12.0 Å². The second-order valence-corrected chi connectivity index (χ2v) is 8.23. The number of imide groups is 1. The van der Waals surface area contributed by atoms with Gasteiger partial charge in [-0.2, -0.15) is 0 Å². The third-order valence-electron chi connectivity index (χ3n) is 6.39. The number of rotatable bonds is 8. The van der Waals surface area contributed by atoms with Crippen LogP contribution in [0.2, 0.25) is 0 Å². The smallest absolute Gasteiger partial charge is 0.233 e. The van der Waals surface area contributed by atoms with Crippen molar-refractivity contribution in [2.45, 2.75) is 26.3 Å². The van der Waals surface area contributed by atoms with Gasteiger partial charge < -0.3 is 15.4 Å². The highest BCUT2D eigenvalue weighted by molar-refractivity contribution is 6.06. The van der Waals surface area contributed by atoms with Crippen LogP contribution in [-0.2, 0) is 16.1 Å². The van der Waals surface area contributed by atoms with E-state index in [1.165, 1.54) is 11.0 Å². The number of carbonyl (C=O) groups is 2. The number of nitrogens with zero attached hydrogens (tertiary/aromatic N) is 2. The van der Waals surface area contributed by atoms with E-state index in [9.17, 15) is 14.0 Å². The Bertz CT molecular complexity index is 886. The van der Waals surface area contributed by atoms with Gasteiger partial charge in [-0.05, 0) is 49.3 Å². The highest BCUT2D eigenvalue weighted by Crippen LogP contribution is 2.52. The third kappa shape index (κ3) is 4.16. The SMILES string of the molecule is CCOc1ccc(CNC(=NC)NCCCN2C(=O)C3C4C=CC(C4)C3C2=O)cc1F. The van der Waals surface area contributed by atoms with Gasteiger partial charge in [0.1, 0.15) is 0 Å². The van der Waals surface area contributed by atoms with Crippen LogP contribution >= 0.6 is 0 Å². The molecular weight excluding hydrogens is 399 g/mol. The van der Waals surface area contributed by atoms with Crippen LogP contribution < -0.4 is 15.4 Å². The molecule has 31 heavy (non-hydrogen) atoms. The standard InChI is InChI=1S/C23H29FN4O3/c1-3-31-18-8-5-14(11-17(18)24)13-27-23(25-2)26-9-4-10-28-21(29)19-15-6-7-16(12-15)20(19)22(28)30/h5-8,11,15-16,19-20H,3-4,9-10,12-13H2,1-2H3,(H2,25,26,27). The molecule has 2 bridgehead atoms. The van der Waals surface area contributed by atoms with Crippen LogP contribution in [0.5, 0.6) is 5.75 Å². The van der Waals surface area contributed by atoms with Crippen molar-refractivity contribution in [1.29, 1.82) is 0 Å². The normalized spacial score (nSPS) is 26.5. The summed E-state index contributed by atoms with van der Waals surface area (Å²) >= 11 is 0. The molecule has 166 valence electrons. The Morgan fingerprint density at radius 2 is 1.90 bits per heavy atom. The predicted octanol–water partition coefficient (Wildman–Crippen LogP) is 2.09. The molecule has 1 heterocycles. The van der Waals surface area contributed by atoms with Crippen molar-refractivity contribution in [3.05, 3.63) is 41.7 Å². The lowest BCUT2D eigenvalue weighted by molar-refractivity contribution is -0.140. The van der Waals surface area contributed by atoms with Gasteiger partial charge >= 0.3 is 0 Å². The summed E-state index contributed by atoms with van der Waals surface area (Å²) in [5.74, 6) is 0.616. The molecule has 2 amide bonds. The Morgan fingerprint density at radius 3 is 2.52 bits per heavy atom. The summed E-state index contributed by atoms with van der Waals surface area (Å²) in [6, 6.07) is 4.86. The molecule has 1 aromatic rings. The molecule has 8 heteroatoms. The van der Waals surface area contributed by atoms with Crippen LogP contribution in [0.4, 0.5) is 4.39 Å². The van der Waals surface area contributed by atoms with Gasteiger partial charge in [0.05, 0.1) is 18.4 Å². The molecule has 2 N–H and O–H groups in total. The molecule has 0 radical (unpaired) electrons. The van der Waals surface area contributed by atoms with Gasteiger partial charge in [-0.1, -0.05) is 18.2 Å². The van der Waals surface area contributed by atoms with Gasteiger partial charge in [0.25, 0.3) is 0 Å². The monoisotopic (exact) mass is 428 g/mol. The summed E-state index contributed by atoms with van der Waals surface area (Å²) < 4.78 is 19.2. The minimum absolute atomic E-state index is 0.00752. The number of amides is 2. The van der Waals surface area contributed by atoms with Crippen LogP contribution in [-0.4, -0.2) is 49.4 Å². The summed E-state index contributed by atoms with van der Waals surface area (Å²) in [7, 11) is 1.66. The van der Waals surface area contributed by atoms with Crippen molar-refractivity contribution >= 4 is 17.8 Å². The fourth-order valence-corrected chi connectivity index (χ4v) is 4.96. The van der Waals surface area contributed by atoms with Gasteiger partial charge in [-0.25, -0.2) is 4.39 Å². The quantitative estimate of drug-likeness (QED) is 0.218. The van der Waals surface area contributed by atoms with Crippen molar-refractivity contribution < 1.29 is 18.7 Å². The lowest BCUT2D eigenvalue weighted by atomic mass is 9.85. The number of fused-ring (bicyclic) bond motifs is 5. The van der Waals surface area contributed by atoms with E-state index >= 15 is 0 Å². The molecule has 1 aromatic carbocycles. The molecule has 2 fully saturated rings. The first-order valence-electron chi connectivity index (χ1n) is 10.9. The number of guanidine groups is 1. The fourth-order valence-electron chi connectivity index (χ4n) is 4.96. The second-order valence-electron chi connectivity index (χ2n) is 8.23. The maximum absolute atomic E-state index is 14.0. The Hall–Kier alpha value is -2.90. The van der Waals surface area contributed by atoms with Crippen molar-refractivity contribution in [1.82, 2.24) is 15.5 Å². The predicted molar refractivity (Wildman–Crippen MR) is 115 cm³/mol. The largest absolute Gasteiger partial charge is 0.491 e.